The first kappa shape index (κ1) is 22.7. The number of thioether (sulfide) groups is 1. The molecule has 0 aliphatic rings. The number of nitrogens with zero attached hydrogens (tertiary/aromatic N) is 4. The molecule has 2 heterocycles. The highest BCUT2D eigenvalue weighted by molar-refractivity contribution is 9.10. The minimum atomic E-state index is -4.98. The molecule has 1 unspecified atom stereocenters. The Morgan fingerprint density at radius 1 is 1.38 bits per heavy atom. The van der Waals surface area contributed by atoms with E-state index in [9.17, 15) is 18.7 Å². The van der Waals surface area contributed by atoms with Gasteiger partial charge in [0.1, 0.15) is 11.7 Å². The molecule has 8 nitrogen and oxygen atoms in total. The van der Waals surface area contributed by atoms with E-state index >= 15 is 0 Å². The van der Waals surface area contributed by atoms with Crippen LogP contribution in [0.3, 0.4) is 0 Å². The van der Waals surface area contributed by atoms with Crippen molar-refractivity contribution in [1.82, 2.24) is 19.7 Å². The molecule has 156 valence electrons. The van der Waals surface area contributed by atoms with E-state index in [1.165, 1.54) is 24.2 Å². The minimum Gasteiger partial charge on any atom is -0.414 e. The van der Waals surface area contributed by atoms with E-state index in [1.807, 2.05) is 0 Å². The molecule has 0 saturated heterocycles. The number of benzene rings is 1. The summed E-state index contributed by atoms with van der Waals surface area (Å²) in [7, 11) is -4.98. The molecule has 0 spiro atoms. The Bertz CT molecular complexity index is 1090. The number of aromatic nitrogens is 4. The molecule has 0 aliphatic carbocycles. The lowest BCUT2D eigenvalue weighted by molar-refractivity contribution is 0.221. The van der Waals surface area contributed by atoms with Crippen LogP contribution in [0, 0.1) is 0 Å². The van der Waals surface area contributed by atoms with Crippen molar-refractivity contribution in [3.8, 4) is 0 Å². The second-order valence-electron chi connectivity index (χ2n) is 6.02. The van der Waals surface area contributed by atoms with Gasteiger partial charge in [-0.05, 0) is 18.6 Å². The highest BCUT2D eigenvalue weighted by Crippen LogP contribution is 2.59. The van der Waals surface area contributed by atoms with E-state index < -0.39 is 13.0 Å². The summed E-state index contributed by atoms with van der Waals surface area (Å²) in [6.07, 6.45) is 1.46. The fourth-order valence-corrected chi connectivity index (χ4v) is 4.77. The maximum absolute atomic E-state index is 14.5. The van der Waals surface area contributed by atoms with Gasteiger partial charge in [0.05, 0.1) is 6.33 Å². The molecule has 3 aromatic rings. The van der Waals surface area contributed by atoms with E-state index in [0.717, 1.165) is 12.5 Å². The molecule has 29 heavy (non-hydrogen) atoms. The number of hydrogen-bond donors (Lipinski definition) is 2. The Balaban J connectivity index is 1.66. The first-order valence-corrected chi connectivity index (χ1v) is 12.0. The van der Waals surface area contributed by atoms with Gasteiger partial charge in [-0.15, -0.1) is 10.2 Å². The van der Waals surface area contributed by atoms with Crippen LogP contribution in [0.25, 0.3) is 0 Å². The quantitative estimate of drug-likeness (QED) is 0.315. The van der Waals surface area contributed by atoms with Crippen molar-refractivity contribution < 1.29 is 23.2 Å². The summed E-state index contributed by atoms with van der Waals surface area (Å²) in [5.74, 6) is 0.728. The molecule has 2 aromatic heterocycles. The van der Waals surface area contributed by atoms with Crippen LogP contribution < -0.4 is 0 Å². The SMILES string of the molecule is CC(F)(c1ccc(CSc2nnc(Cn3cnc(Cl)c3Cl)o2)cc1Br)P(=O)(O)O. The van der Waals surface area contributed by atoms with Crippen LogP contribution in [0.2, 0.25) is 10.3 Å². The summed E-state index contributed by atoms with van der Waals surface area (Å²) < 4.78 is 33.3. The molecule has 1 aromatic carbocycles. The van der Waals surface area contributed by atoms with Crippen LogP contribution >= 0.6 is 58.5 Å². The summed E-state index contributed by atoms with van der Waals surface area (Å²) in [6, 6.07) is 4.49. The van der Waals surface area contributed by atoms with Crippen molar-refractivity contribution in [1.29, 1.82) is 0 Å². The summed E-state index contributed by atoms with van der Waals surface area (Å²) in [4.78, 5) is 22.3. The highest BCUT2D eigenvalue weighted by Gasteiger charge is 2.45. The molecular formula is C15H13BrCl2FN4O4PS. The first-order chi connectivity index (χ1) is 13.5. The van der Waals surface area contributed by atoms with Crippen molar-refractivity contribution in [3.63, 3.8) is 0 Å². The van der Waals surface area contributed by atoms with E-state index in [-0.39, 0.29) is 26.9 Å². The third-order valence-electron chi connectivity index (χ3n) is 3.92. The van der Waals surface area contributed by atoms with Crippen LogP contribution in [0.15, 0.2) is 38.6 Å². The van der Waals surface area contributed by atoms with E-state index in [4.69, 9.17) is 27.6 Å². The minimum absolute atomic E-state index is 0.129. The Hall–Kier alpha value is -0.940. The van der Waals surface area contributed by atoms with Gasteiger partial charge in [-0.25, -0.2) is 9.37 Å². The monoisotopic (exact) mass is 544 g/mol. The molecule has 0 amide bonds. The van der Waals surface area contributed by atoms with E-state index in [0.29, 0.717) is 16.9 Å². The summed E-state index contributed by atoms with van der Waals surface area (Å²) >= 11 is 16.2. The van der Waals surface area contributed by atoms with Gasteiger partial charge in [0.15, 0.2) is 5.15 Å². The average molecular weight is 546 g/mol. The van der Waals surface area contributed by atoms with Crippen LogP contribution in [0.5, 0.6) is 0 Å². The average Bonchev–Trinajstić information content (AvgIpc) is 3.20. The van der Waals surface area contributed by atoms with Gasteiger partial charge in [-0.1, -0.05) is 63.0 Å². The maximum Gasteiger partial charge on any atom is 0.366 e. The normalized spacial score (nSPS) is 14.2. The van der Waals surface area contributed by atoms with Crippen LogP contribution in [-0.4, -0.2) is 29.5 Å². The van der Waals surface area contributed by atoms with Crippen molar-refractivity contribution >= 4 is 58.5 Å². The lowest BCUT2D eigenvalue weighted by atomic mass is 10.1. The van der Waals surface area contributed by atoms with Gasteiger partial charge in [0.25, 0.3) is 5.22 Å². The Morgan fingerprint density at radius 3 is 2.69 bits per heavy atom. The summed E-state index contributed by atoms with van der Waals surface area (Å²) in [5.41, 5.74) is 0.631. The zero-order valence-electron chi connectivity index (χ0n) is 14.6. The number of alkyl halides is 1. The number of imidazole rings is 1. The molecule has 0 saturated carbocycles. The first-order valence-electron chi connectivity index (χ1n) is 7.84. The van der Waals surface area contributed by atoms with Crippen molar-refractivity contribution in [2.24, 2.45) is 0 Å². The van der Waals surface area contributed by atoms with Gasteiger partial charge >= 0.3 is 7.60 Å². The number of halogens is 4. The standard InChI is InChI=1S/C15H13BrCl2FN4O4PS/c1-15(19,28(24,25)26)9-3-2-8(4-10(9)16)6-29-14-22-21-11(27-14)5-23-7-20-12(17)13(23)18/h2-4,7H,5-6H2,1H3,(H2,24,25,26). The Kier molecular flexibility index (Phi) is 6.79. The zero-order chi connectivity index (χ0) is 21.4. The van der Waals surface area contributed by atoms with Crippen molar-refractivity contribution in [3.05, 3.63) is 56.3 Å². The highest BCUT2D eigenvalue weighted by atomic mass is 79.9. The van der Waals surface area contributed by atoms with Gasteiger partial charge in [0, 0.05) is 15.8 Å². The van der Waals surface area contributed by atoms with E-state index in [2.05, 4.69) is 31.1 Å². The topological polar surface area (TPSA) is 114 Å². The van der Waals surface area contributed by atoms with E-state index in [1.54, 1.807) is 16.7 Å². The molecule has 0 bridgehead atoms. The third kappa shape index (κ3) is 5.04. The van der Waals surface area contributed by atoms with Crippen LogP contribution in [0.1, 0.15) is 23.9 Å². The Labute approximate surface area is 187 Å². The van der Waals surface area contributed by atoms with Gasteiger partial charge in [-0.2, -0.15) is 0 Å². The van der Waals surface area contributed by atoms with Crippen LogP contribution in [-0.2, 0) is 22.3 Å². The molecule has 0 fully saturated rings. The second-order valence-corrected chi connectivity index (χ2v) is 10.4. The predicted molar refractivity (Wildman–Crippen MR) is 110 cm³/mol. The van der Waals surface area contributed by atoms with Gasteiger partial charge < -0.3 is 18.8 Å². The Morgan fingerprint density at radius 2 is 2.10 bits per heavy atom. The predicted octanol–water partition coefficient (Wildman–Crippen LogP) is 5.00. The molecule has 1 atom stereocenters. The van der Waals surface area contributed by atoms with Gasteiger partial charge in [-0.3, -0.25) is 4.57 Å². The van der Waals surface area contributed by atoms with Gasteiger partial charge in [0.2, 0.25) is 11.3 Å². The molecule has 3 rings (SSSR count). The van der Waals surface area contributed by atoms with Crippen molar-refractivity contribution in [2.45, 2.75) is 29.9 Å². The number of rotatable bonds is 7. The fourth-order valence-electron chi connectivity index (χ4n) is 2.28. The van der Waals surface area contributed by atoms with Crippen LogP contribution in [0.4, 0.5) is 4.39 Å². The largest absolute Gasteiger partial charge is 0.414 e. The summed E-state index contributed by atoms with van der Waals surface area (Å²) in [6.45, 7) is 1.06. The second kappa shape index (κ2) is 8.66. The van der Waals surface area contributed by atoms with Crippen molar-refractivity contribution in [2.75, 3.05) is 0 Å². The molecule has 0 aliphatic heterocycles. The maximum atomic E-state index is 14.5. The lowest BCUT2D eigenvalue weighted by Gasteiger charge is -2.23. The lowest BCUT2D eigenvalue weighted by Crippen LogP contribution is -2.16. The third-order valence-corrected chi connectivity index (χ3v) is 7.57. The zero-order valence-corrected chi connectivity index (χ0v) is 19.4. The molecule has 2 N–H and O–H groups in total. The smallest absolute Gasteiger partial charge is 0.366 e. The fraction of sp³-hybridized carbons (Fsp3) is 0.267. The molecular weight excluding hydrogens is 533 g/mol. The molecule has 14 heteroatoms. The summed E-state index contributed by atoms with van der Waals surface area (Å²) in [5, 5.41) is 5.83. The molecule has 0 radical (unpaired) electrons. The number of hydrogen-bond acceptors (Lipinski definition) is 6.